The third-order valence-electron chi connectivity index (χ3n) is 2.97. The zero-order valence-electron chi connectivity index (χ0n) is 11.0. The fourth-order valence-corrected chi connectivity index (χ4v) is 2.34. The van der Waals surface area contributed by atoms with Crippen LogP contribution in [0.15, 0.2) is 65.5 Å². The summed E-state index contributed by atoms with van der Waals surface area (Å²) < 4.78 is 8.67. The highest BCUT2D eigenvalue weighted by molar-refractivity contribution is 9.10. The van der Waals surface area contributed by atoms with Gasteiger partial charge in [-0.1, -0.05) is 18.2 Å². The van der Waals surface area contributed by atoms with Crippen molar-refractivity contribution >= 4 is 15.9 Å². The summed E-state index contributed by atoms with van der Waals surface area (Å²) in [5.41, 5.74) is 1.98. The van der Waals surface area contributed by atoms with E-state index in [4.69, 9.17) is 4.74 Å². The topological polar surface area (TPSA) is 27.1 Å². The van der Waals surface area contributed by atoms with Crippen molar-refractivity contribution in [3.63, 3.8) is 0 Å². The summed E-state index contributed by atoms with van der Waals surface area (Å²) in [6.45, 7) is 0. The maximum Gasteiger partial charge on any atom is 0.127 e. The SMILES string of the molecule is Cn1cnc(-c2ccc(Oc3ccccc3)cc2)c1Br. The summed E-state index contributed by atoms with van der Waals surface area (Å²) in [4.78, 5) is 4.37. The molecule has 0 aliphatic rings. The number of aryl methyl sites for hydroxylation is 1. The molecule has 0 fully saturated rings. The lowest BCUT2D eigenvalue weighted by molar-refractivity contribution is 0.483. The number of nitrogens with zero attached hydrogens (tertiary/aromatic N) is 2. The van der Waals surface area contributed by atoms with Crippen molar-refractivity contribution in [3.8, 4) is 22.8 Å². The molecule has 0 aliphatic carbocycles. The molecule has 1 heterocycles. The van der Waals surface area contributed by atoms with Crippen molar-refractivity contribution in [2.24, 2.45) is 7.05 Å². The zero-order valence-corrected chi connectivity index (χ0v) is 12.5. The number of hydrogen-bond donors (Lipinski definition) is 0. The third kappa shape index (κ3) is 2.60. The maximum atomic E-state index is 5.77. The highest BCUT2D eigenvalue weighted by atomic mass is 79.9. The molecule has 3 aromatic rings. The minimum absolute atomic E-state index is 0.812. The Morgan fingerprint density at radius 3 is 2.20 bits per heavy atom. The van der Waals surface area contributed by atoms with Gasteiger partial charge in [0.15, 0.2) is 0 Å². The molecule has 20 heavy (non-hydrogen) atoms. The number of hydrogen-bond acceptors (Lipinski definition) is 2. The molecule has 0 spiro atoms. The van der Waals surface area contributed by atoms with Crippen LogP contribution in [0, 0.1) is 0 Å². The minimum Gasteiger partial charge on any atom is -0.457 e. The number of ether oxygens (including phenoxy) is 1. The molecular weight excluding hydrogens is 316 g/mol. The second kappa shape index (κ2) is 5.51. The first kappa shape index (κ1) is 12.9. The van der Waals surface area contributed by atoms with Gasteiger partial charge >= 0.3 is 0 Å². The zero-order chi connectivity index (χ0) is 13.9. The predicted octanol–water partition coefficient (Wildman–Crippen LogP) is 4.64. The van der Waals surface area contributed by atoms with E-state index in [1.807, 2.05) is 66.2 Å². The fourth-order valence-electron chi connectivity index (χ4n) is 1.91. The van der Waals surface area contributed by atoms with Crippen LogP contribution in [0.25, 0.3) is 11.3 Å². The van der Waals surface area contributed by atoms with Gasteiger partial charge < -0.3 is 9.30 Å². The van der Waals surface area contributed by atoms with Crippen molar-refractivity contribution in [3.05, 3.63) is 65.5 Å². The van der Waals surface area contributed by atoms with Crippen LogP contribution in [-0.2, 0) is 7.05 Å². The quantitative estimate of drug-likeness (QED) is 0.700. The van der Waals surface area contributed by atoms with E-state index in [1.54, 1.807) is 6.33 Å². The second-order valence-corrected chi connectivity index (χ2v) is 5.19. The van der Waals surface area contributed by atoms with Crippen LogP contribution < -0.4 is 4.74 Å². The molecule has 0 unspecified atom stereocenters. The third-order valence-corrected chi connectivity index (χ3v) is 3.91. The summed E-state index contributed by atoms with van der Waals surface area (Å²) in [6, 6.07) is 17.6. The standard InChI is InChI=1S/C16H13BrN2O/c1-19-11-18-15(16(19)17)12-7-9-14(10-8-12)20-13-5-3-2-4-6-13/h2-11H,1H3. The lowest BCUT2D eigenvalue weighted by Gasteiger charge is -2.06. The first-order valence-corrected chi connectivity index (χ1v) is 7.03. The van der Waals surface area contributed by atoms with Crippen molar-refractivity contribution in [1.82, 2.24) is 9.55 Å². The minimum atomic E-state index is 0.812. The highest BCUT2D eigenvalue weighted by Gasteiger charge is 2.08. The van der Waals surface area contributed by atoms with Crippen molar-refractivity contribution in [1.29, 1.82) is 0 Å². The van der Waals surface area contributed by atoms with Gasteiger partial charge in [-0.2, -0.15) is 0 Å². The molecule has 3 nitrogen and oxygen atoms in total. The molecule has 2 aromatic carbocycles. The number of halogens is 1. The van der Waals surface area contributed by atoms with Gasteiger partial charge in [0, 0.05) is 12.6 Å². The van der Waals surface area contributed by atoms with E-state index in [-0.39, 0.29) is 0 Å². The van der Waals surface area contributed by atoms with Crippen molar-refractivity contribution < 1.29 is 4.74 Å². The summed E-state index contributed by atoms with van der Waals surface area (Å²) in [7, 11) is 1.95. The Morgan fingerprint density at radius 2 is 1.60 bits per heavy atom. The molecule has 0 radical (unpaired) electrons. The average molecular weight is 329 g/mol. The fraction of sp³-hybridized carbons (Fsp3) is 0.0625. The van der Waals surface area contributed by atoms with E-state index in [1.165, 1.54) is 0 Å². The Hall–Kier alpha value is -2.07. The molecule has 0 amide bonds. The number of aromatic nitrogens is 2. The molecule has 4 heteroatoms. The lowest BCUT2D eigenvalue weighted by Crippen LogP contribution is -1.86. The van der Waals surface area contributed by atoms with Crippen LogP contribution in [0.1, 0.15) is 0 Å². The number of benzene rings is 2. The van der Waals surface area contributed by atoms with Crippen molar-refractivity contribution in [2.75, 3.05) is 0 Å². The van der Waals surface area contributed by atoms with E-state index in [9.17, 15) is 0 Å². The number of para-hydroxylation sites is 1. The first-order chi connectivity index (χ1) is 9.74. The van der Waals surface area contributed by atoms with Crippen molar-refractivity contribution in [2.45, 2.75) is 0 Å². The molecule has 0 aliphatic heterocycles. The van der Waals surface area contributed by atoms with Gasteiger partial charge in [0.25, 0.3) is 0 Å². The van der Waals surface area contributed by atoms with Crippen LogP contribution in [0.5, 0.6) is 11.5 Å². The smallest absolute Gasteiger partial charge is 0.127 e. The molecule has 0 bridgehead atoms. The normalized spacial score (nSPS) is 10.5. The largest absolute Gasteiger partial charge is 0.457 e. The number of rotatable bonds is 3. The number of imidazole rings is 1. The summed E-state index contributed by atoms with van der Waals surface area (Å²) in [6.07, 6.45) is 1.79. The Morgan fingerprint density at radius 1 is 0.950 bits per heavy atom. The molecule has 0 saturated carbocycles. The van der Waals surface area contributed by atoms with E-state index in [2.05, 4.69) is 20.9 Å². The van der Waals surface area contributed by atoms with Crippen LogP contribution >= 0.6 is 15.9 Å². The van der Waals surface area contributed by atoms with Gasteiger partial charge in [0.05, 0.1) is 6.33 Å². The Balaban J connectivity index is 1.83. The van der Waals surface area contributed by atoms with Gasteiger partial charge in [-0.15, -0.1) is 0 Å². The van der Waals surface area contributed by atoms with Gasteiger partial charge in [0.1, 0.15) is 21.8 Å². The van der Waals surface area contributed by atoms with Gasteiger partial charge in [-0.05, 0) is 52.3 Å². The van der Waals surface area contributed by atoms with E-state index in [0.29, 0.717) is 0 Å². The van der Waals surface area contributed by atoms with E-state index >= 15 is 0 Å². The van der Waals surface area contributed by atoms with Crippen LogP contribution in [0.2, 0.25) is 0 Å². The van der Waals surface area contributed by atoms with Crippen LogP contribution in [0.4, 0.5) is 0 Å². The lowest BCUT2D eigenvalue weighted by atomic mass is 10.1. The molecule has 100 valence electrons. The van der Waals surface area contributed by atoms with Gasteiger partial charge in [-0.25, -0.2) is 4.98 Å². The molecular formula is C16H13BrN2O. The first-order valence-electron chi connectivity index (χ1n) is 6.24. The monoisotopic (exact) mass is 328 g/mol. The molecule has 0 N–H and O–H groups in total. The van der Waals surface area contributed by atoms with E-state index < -0.39 is 0 Å². The molecule has 0 saturated heterocycles. The van der Waals surface area contributed by atoms with Crippen LogP contribution in [-0.4, -0.2) is 9.55 Å². The van der Waals surface area contributed by atoms with E-state index in [0.717, 1.165) is 27.4 Å². The highest BCUT2D eigenvalue weighted by Crippen LogP contribution is 2.29. The Kier molecular flexibility index (Phi) is 3.56. The average Bonchev–Trinajstić information content (AvgIpc) is 2.81. The summed E-state index contributed by atoms with van der Waals surface area (Å²) in [5.74, 6) is 1.64. The van der Waals surface area contributed by atoms with Gasteiger partial charge in [0.2, 0.25) is 0 Å². The molecule has 1 aromatic heterocycles. The van der Waals surface area contributed by atoms with Crippen LogP contribution in [0.3, 0.4) is 0 Å². The predicted molar refractivity (Wildman–Crippen MR) is 82.9 cm³/mol. The summed E-state index contributed by atoms with van der Waals surface area (Å²) >= 11 is 3.53. The Bertz CT molecular complexity index is 705. The molecule has 3 rings (SSSR count). The Labute approximate surface area is 126 Å². The second-order valence-electron chi connectivity index (χ2n) is 4.43. The maximum absolute atomic E-state index is 5.77. The summed E-state index contributed by atoms with van der Waals surface area (Å²) in [5, 5.41) is 0. The molecule has 0 atom stereocenters. The van der Waals surface area contributed by atoms with Gasteiger partial charge in [-0.3, -0.25) is 0 Å².